The van der Waals surface area contributed by atoms with Crippen molar-refractivity contribution in [1.82, 2.24) is 14.5 Å². The monoisotopic (exact) mass is 478 g/mol. The van der Waals surface area contributed by atoms with Crippen LogP contribution < -0.4 is 4.90 Å². The van der Waals surface area contributed by atoms with Crippen LogP contribution in [0, 0.1) is 5.92 Å². The van der Waals surface area contributed by atoms with E-state index in [2.05, 4.69) is 76.3 Å². The van der Waals surface area contributed by atoms with E-state index in [0.717, 1.165) is 52.6 Å². The number of hydrogen-bond acceptors (Lipinski definition) is 3. The zero-order chi connectivity index (χ0) is 23.6. The molecule has 0 bridgehead atoms. The number of halogens is 1. The van der Waals surface area contributed by atoms with Crippen LogP contribution in [0.25, 0.3) is 27.8 Å². The van der Waals surface area contributed by atoms with Crippen molar-refractivity contribution in [2.24, 2.45) is 5.92 Å². The summed E-state index contributed by atoms with van der Waals surface area (Å²) in [6, 6.07) is 29.3. The lowest BCUT2D eigenvalue weighted by Crippen LogP contribution is -2.35. The summed E-state index contributed by atoms with van der Waals surface area (Å²) in [5.74, 6) is 1.73. The highest BCUT2D eigenvalue weighted by Gasteiger charge is 2.25. The molecule has 0 N–H and O–H groups in total. The summed E-state index contributed by atoms with van der Waals surface area (Å²) in [6.45, 7) is 2.01. The third-order valence-corrected chi connectivity index (χ3v) is 7.29. The fourth-order valence-electron chi connectivity index (χ4n) is 5.22. The third-order valence-electron chi connectivity index (χ3n) is 7.03. The van der Waals surface area contributed by atoms with E-state index < -0.39 is 0 Å². The Hall–Kier alpha value is -3.63. The molecule has 35 heavy (non-hydrogen) atoms. The molecule has 0 spiro atoms. The summed E-state index contributed by atoms with van der Waals surface area (Å²) in [7, 11) is 0. The minimum absolute atomic E-state index is 0.707. The van der Waals surface area contributed by atoms with Crippen molar-refractivity contribution in [1.29, 1.82) is 0 Å². The highest BCUT2D eigenvalue weighted by atomic mass is 35.5. The molecule has 6 rings (SSSR count). The van der Waals surface area contributed by atoms with Crippen LogP contribution in [0.15, 0.2) is 97.5 Å². The number of anilines is 1. The first kappa shape index (κ1) is 21.9. The van der Waals surface area contributed by atoms with E-state index in [9.17, 15) is 0 Å². The second-order valence-electron chi connectivity index (χ2n) is 9.27. The molecular formula is C30H27ClN4. The van der Waals surface area contributed by atoms with Crippen molar-refractivity contribution in [3.8, 4) is 16.8 Å². The largest absolute Gasteiger partial charge is 0.356 e. The number of piperidine rings is 1. The minimum atomic E-state index is 0.707. The van der Waals surface area contributed by atoms with E-state index in [1.54, 1.807) is 6.33 Å². The van der Waals surface area contributed by atoms with Crippen LogP contribution in [0.1, 0.15) is 18.4 Å². The maximum atomic E-state index is 6.17. The van der Waals surface area contributed by atoms with Crippen LogP contribution in [0.4, 0.5) is 5.82 Å². The Kier molecular flexibility index (Phi) is 5.97. The third kappa shape index (κ3) is 4.42. The van der Waals surface area contributed by atoms with Gasteiger partial charge in [0.2, 0.25) is 0 Å². The van der Waals surface area contributed by atoms with E-state index in [1.807, 2.05) is 24.3 Å². The van der Waals surface area contributed by atoms with E-state index in [4.69, 9.17) is 21.6 Å². The van der Waals surface area contributed by atoms with Gasteiger partial charge in [-0.2, -0.15) is 0 Å². The summed E-state index contributed by atoms with van der Waals surface area (Å²) in [5.41, 5.74) is 5.70. The molecule has 1 fully saturated rings. The second kappa shape index (κ2) is 9.55. The van der Waals surface area contributed by atoms with E-state index in [1.165, 1.54) is 24.0 Å². The molecule has 5 heteroatoms. The Morgan fingerprint density at radius 2 is 1.49 bits per heavy atom. The van der Waals surface area contributed by atoms with Crippen LogP contribution in [0.5, 0.6) is 0 Å². The number of aromatic nitrogens is 3. The molecule has 1 aliphatic rings. The van der Waals surface area contributed by atoms with Crippen molar-refractivity contribution < 1.29 is 0 Å². The van der Waals surface area contributed by atoms with Crippen LogP contribution in [-0.4, -0.2) is 27.6 Å². The molecule has 0 unspecified atom stereocenters. The number of hydrogen-bond donors (Lipinski definition) is 0. The molecule has 4 nitrogen and oxygen atoms in total. The molecule has 174 valence electrons. The van der Waals surface area contributed by atoms with Gasteiger partial charge in [0.05, 0.1) is 5.39 Å². The molecule has 5 aromatic rings. The summed E-state index contributed by atoms with van der Waals surface area (Å²) < 4.78 is 2.15. The van der Waals surface area contributed by atoms with Gasteiger partial charge in [-0.25, -0.2) is 9.97 Å². The van der Waals surface area contributed by atoms with Crippen molar-refractivity contribution in [2.45, 2.75) is 19.3 Å². The van der Waals surface area contributed by atoms with Gasteiger partial charge in [-0.3, -0.25) is 0 Å². The molecule has 3 heterocycles. The molecular weight excluding hydrogens is 452 g/mol. The molecule has 0 saturated carbocycles. The maximum absolute atomic E-state index is 6.17. The zero-order valence-electron chi connectivity index (χ0n) is 19.5. The van der Waals surface area contributed by atoms with Gasteiger partial charge in [0, 0.05) is 35.6 Å². The average Bonchev–Trinajstić information content (AvgIpc) is 3.31. The molecule has 1 saturated heterocycles. The Morgan fingerprint density at radius 1 is 0.800 bits per heavy atom. The van der Waals surface area contributed by atoms with Gasteiger partial charge in [0.1, 0.15) is 12.1 Å². The minimum Gasteiger partial charge on any atom is -0.356 e. The Bertz CT molecular complexity index is 1420. The molecule has 0 atom stereocenters. The Balaban J connectivity index is 1.37. The fourth-order valence-corrected chi connectivity index (χ4v) is 5.34. The van der Waals surface area contributed by atoms with Gasteiger partial charge in [-0.15, -0.1) is 0 Å². The van der Waals surface area contributed by atoms with Crippen LogP contribution in [0.2, 0.25) is 5.02 Å². The van der Waals surface area contributed by atoms with Crippen molar-refractivity contribution >= 4 is 28.5 Å². The maximum Gasteiger partial charge on any atom is 0.150 e. The first-order chi connectivity index (χ1) is 17.3. The lowest BCUT2D eigenvalue weighted by Gasteiger charge is -2.33. The van der Waals surface area contributed by atoms with Gasteiger partial charge in [-0.1, -0.05) is 72.3 Å². The summed E-state index contributed by atoms with van der Waals surface area (Å²) in [4.78, 5) is 12.0. The lowest BCUT2D eigenvalue weighted by molar-refractivity contribution is 0.402. The van der Waals surface area contributed by atoms with Crippen molar-refractivity contribution in [2.75, 3.05) is 18.0 Å². The van der Waals surface area contributed by atoms with Gasteiger partial charge in [-0.05, 0) is 60.6 Å². The topological polar surface area (TPSA) is 34.0 Å². The van der Waals surface area contributed by atoms with Gasteiger partial charge in [0.25, 0.3) is 0 Å². The molecule has 0 aliphatic carbocycles. The van der Waals surface area contributed by atoms with Crippen LogP contribution in [0.3, 0.4) is 0 Å². The average molecular weight is 479 g/mol. The number of nitrogens with zero attached hydrogens (tertiary/aromatic N) is 4. The van der Waals surface area contributed by atoms with Gasteiger partial charge in [0.15, 0.2) is 5.65 Å². The van der Waals surface area contributed by atoms with E-state index in [-0.39, 0.29) is 0 Å². The highest BCUT2D eigenvalue weighted by Crippen LogP contribution is 2.38. The predicted octanol–water partition coefficient (Wildman–Crippen LogP) is 7.20. The van der Waals surface area contributed by atoms with Crippen molar-refractivity contribution in [3.05, 3.63) is 108 Å². The molecule has 0 radical (unpaired) electrons. The number of rotatable bonds is 5. The van der Waals surface area contributed by atoms with Gasteiger partial charge >= 0.3 is 0 Å². The predicted molar refractivity (Wildman–Crippen MR) is 144 cm³/mol. The Morgan fingerprint density at radius 3 is 2.20 bits per heavy atom. The number of benzene rings is 3. The van der Waals surface area contributed by atoms with E-state index in [0.29, 0.717) is 5.92 Å². The summed E-state index contributed by atoms with van der Waals surface area (Å²) in [6.07, 6.45) is 7.37. The zero-order valence-corrected chi connectivity index (χ0v) is 20.3. The SMILES string of the molecule is Clc1ccc(-n2cc(-c3ccccc3)c3c(N4CCC(Cc5ccccc5)CC4)ncnc32)cc1. The van der Waals surface area contributed by atoms with Crippen LogP contribution in [-0.2, 0) is 6.42 Å². The second-order valence-corrected chi connectivity index (χ2v) is 9.71. The first-order valence-electron chi connectivity index (χ1n) is 12.2. The van der Waals surface area contributed by atoms with Crippen LogP contribution >= 0.6 is 11.6 Å². The number of fused-ring (bicyclic) bond motifs is 1. The molecule has 3 aromatic carbocycles. The molecule has 0 amide bonds. The summed E-state index contributed by atoms with van der Waals surface area (Å²) >= 11 is 6.17. The molecule has 2 aromatic heterocycles. The smallest absolute Gasteiger partial charge is 0.150 e. The van der Waals surface area contributed by atoms with Gasteiger partial charge < -0.3 is 9.47 Å². The summed E-state index contributed by atoms with van der Waals surface area (Å²) in [5, 5.41) is 1.83. The quantitative estimate of drug-likeness (QED) is 0.268. The normalized spacial score (nSPS) is 14.5. The van der Waals surface area contributed by atoms with Crippen molar-refractivity contribution in [3.63, 3.8) is 0 Å². The highest BCUT2D eigenvalue weighted by molar-refractivity contribution is 6.30. The fraction of sp³-hybridized carbons (Fsp3) is 0.200. The first-order valence-corrected chi connectivity index (χ1v) is 12.6. The molecule has 1 aliphatic heterocycles. The van der Waals surface area contributed by atoms with E-state index >= 15 is 0 Å². The lowest BCUT2D eigenvalue weighted by atomic mass is 9.90. The Labute approximate surface area is 210 Å². The standard InChI is InChI=1S/C30H27ClN4/c31-25-11-13-26(14-12-25)35-20-27(24-9-5-2-6-10-24)28-29(32-21-33-30(28)35)34-17-15-23(16-18-34)19-22-7-3-1-4-8-22/h1-14,20-21,23H,15-19H2.